The zero-order valence-corrected chi connectivity index (χ0v) is 16.6. The van der Waals surface area contributed by atoms with E-state index in [0.717, 1.165) is 28.0 Å². The summed E-state index contributed by atoms with van der Waals surface area (Å²) < 4.78 is 5.36. The SMILES string of the molecule is COc1ccc2c(c1)[nH]c1nc(-c3c(C(C)C)cccc3C(C)C)ccc12. The topological polar surface area (TPSA) is 37.9 Å². The van der Waals surface area contributed by atoms with E-state index in [1.165, 1.54) is 22.1 Å². The molecule has 0 bridgehead atoms. The van der Waals surface area contributed by atoms with E-state index in [1.807, 2.05) is 12.1 Å². The predicted octanol–water partition coefficient (Wildman–Crippen LogP) is 6.64. The number of ether oxygens (including phenoxy) is 1. The number of hydrogen-bond acceptors (Lipinski definition) is 2. The minimum Gasteiger partial charge on any atom is -0.497 e. The number of H-pyrrole nitrogens is 1. The number of benzene rings is 2. The summed E-state index contributed by atoms with van der Waals surface area (Å²) in [5.41, 5.74) is 6.99. The Morgan fingerprint density at radius 1 is 0.852 bits per heavy atom. The molecule has 3 heteroatoms. The molecule has 27 heavy (non-hydrogen) atoms. The number of nitrogens with zero attached hydrogens (tertiary/aromatic N) is 1. The second-order valence-electron chi connectivity index (χ2n) is 7.75. The van der Waals surface area contributed by atoms with Gasteiger partial charge in [0.1, 0.15) is 11.4 Å². The lowest BCUT2D eigenvalue weighted by atomic mass is 9.87. The highest BCUT2D eigenvalue weighted by Crippen LogP contribution is 2.36. The zero-order chi connectivity index (χ0) is 19.1. The lowest BCUT2D eigenvalue weighted by molar-refractivity contribution is 0.415. The molecule has 2 aromatic carbocycles. The fourth-order valence-electron chi connectivity index (χ4n) is 3.87. The molecule has 1 N–H and O–H groups in total. The predicted molar refractivity (Wildman–Crippen MR) is 114 cm³/mol. The minimum absolute atomic E-state index is 0.447. The number of methoxy groups -OCH3 is 1. The van der Waals surface area contributed by atoms with Crippen LogP contribution in [0.15, 0.2) is 48.5 Å². The molecule has 0 atom stereocenters. The van der Waals surface area contributed by atoms with Gasteiger partial charge in [0.15, 0.2) is 0 Å². The normalized spacial score (nSPS) is 11.8. The van der Waals surface area contributed by atoms with Crippen molar-refractivity contribution in [2.45, 2.75) is 39.5 Å². The van der Waals surface area contributed by atoms with Crippen LogP contribution in [0.5, 0.6) is 5.75 Å². The summed E-state index contributed by atoms with van der Waals surface area (Å²) in [7, 11) is 1.69. The summed E-state index contributed by atoms with van der Waals surface area (Å²) in [6.45, 7) is 8.99. The summed E-state index contributed by atoms with van der Waals surface area (Å²) in [4.78, 5) is 8.50. The van der Waals surface area contributed by atoms with Crippen LogP contribution in [-0.2, 0) is 0 Å². The van der Waals surface area contributed by atoms with Gasteiger partial charge in [-0.3, -0.25) is 0 Å². The third-order valence-electron chi connectivity index (χ3n) is 5.29. The first-order chi connectivity index (χ1) is 13.0. The third-order valence-corrected chi connectivity index (χ3v) is 5.29. The second kappa shape index (κ2) is 6.73. The Morgan fingerprint density at radius 2 is 1.52 bits per heavy atom. The van der Waals surface area contributed by atoms with Crippen LogP contribution in [0.2, 0.25) is 0 Å². The molecule has 3 nitrogen and oxygen atoms in total. The summed E-state index contributed by atoms with van der Waals surface area (Å²) in [5.74, 6) is 1.74. The van der Waals surface area contributed by atoms with E-state index in [0.29, 0.717) is 11.8 Å². The van der Waals surface area contributed by atoms with Crippen LogP contribution in [0.4, 0.5) is 0 Å². The molecular formula is C24H26N2O. The van der Waals surface area contributed by atoms with Gasteiger partial charge in [0.25, 0.3) is 0 Å². The first kappa shape index (κ1) is 17.6. The maximum atomic E-state index is 5.36. The Labute approximate surface area is 160 Å². The number of rotatable bonds is 4. The molecule has 0 spiro atoms. The first-order valence-corrected chi connectivity index (χ1v) is 9.59. The number of aromatic nitrogens is 2. The highest BCUT2D eigenvalue weighted by molar-refractivity contribution is 6.06. The van der Waals surface area contributed by atoms with E-state index < -0.39 is 0 Å². The Bertz CT molecular complexity index is 1100. The molecule has 0 saturated heterocycles. The minimum atomic E-state index is 0.447. The Hall–Kier alpha value is -2.81. The maximum Gasteiger partial charge on any atom is 0.139 e. The number of aromatic amines is 1. The molecule has 4 aromatic rings. The molecule has 2 heterocycles. The first-order valence-electron chi connectivity index (χ1n) is 9.59. The van der Waals surface area contributed by atoms with Gasteiger partial charge in [0.2, 0.25) is 0 Å². The van der Waals surface area contributed by atoms with Gasteiger partial charge in [0.05, 0.1) is 18.3 Å². The van der Waals surface area contributed by atoms with Crippen molar-refractivity contribution in [1.29, 1.82) is 0 Å². The van der Waals surface area contributed by atoms with Crippen molar-refractivity contribution in [1.82, 2.24) is 9.97 Å². The molecule has 0 aliphatic heterocycles. The fraction of sp³-hybridized carbons (Fsp3) is 0.292. The van der Waals surface area contributed by atoms with Gasteiger partial charge in [-0.2, -0.15) is 0 Å². The molecule has 0 aliphatic carbocycles. The van der Waals surface area contributed by atoms with E-state index in [2.05, 4.69) is 69.1 Å². The van der Waals surface area contributed by atoms with Crippen molar-refractivity contribution in [3.63, 3.8) is 0 Å². The molecule has 0 saturated carbocycles. The van der Waals surface area contributed by atoms with Crippen molar-refractivity contribution >= 4 is 21.9 Å². The molecule has 4 rings (SSSR count). The molecule has 0 fully saturated rings. The lowest BCUT2D eigenvalue weighted by Gasteiger charge is -2.19. The van der Waals surface area contributed by atoms with Crippen LogP contribution in [0.3, 0.4) is 0 Å². The standard InChI is InChI=1S/C24H26N2O/c1-14(2)17-7-6-8-18(15(3)4)23(17)21-12-11-20-19-10-9-16(27-5)13-22(19)26-24(20)25-21/h6-15H,1-5H3,(H,25,26). The molecule has 0 amide bonds. The highest BCUT2D eigenvalue weighted by atomic mass is 16.5. The molecule has 0 aliphatic rings. The van der Waals surface area contributed by atoms with E-state index in [4.69, 9.17) is 9.72 Å². The van der Waals surface area contributed by atoms with Crippen LogP contribution < -0.4 is 4.74 Å². The molecule has 0 unspecified atom stereocenters. The van der Waals surface area contributed by atoms with E-state index in [-0.39, 0.29) is 0 Å². The highest BCUT2D eigenvalue weighted by Gasteiger charge is 2.17. The van der Waals surface area contributed by atoms with Gasteiger partial charge in [-0.15, -0.1) is 0 Å². The molecule has 0 radical (unpaired) electrons. The zero-order valence-electron chi connectivity index (χ0n) is 16.6. The summed E-state index contributed by atoms with van der Waals surface area (Å²) in [6, 6.07) is 17.1. The monoisotopic (exact) mass is 358 g/mol. The van der Waals surface area contributed by atoms with Crippen molar-refractivity contribution in [2.75, 3.05) is 7.11 Å². The van der Waals surface area contributed by atoms with Crippen LogP contribution in [0.1, 0.15) is 50.7 Å². The van der Waals surface area contributed by atoms with Gasteiger partial charge in [-0.05, 0) is 47.2 Å². The van der Waals surface area contributed by atoms with Crippen LogP contribution >= 0.6 is 0 Å². The Balaban J connectivity index is 1.96. The average molecular weight is 358 g/mol. The number of pyridine rings is 1. The summed E-state index contributed by atoms with van der Waals surface area (Å²) in [6.07, 6.45) is 0. The molecule has 138 valence electrons. The van der Waals surface area contributed by atoms with Crippen LogP contribution in [0, 0.1) is 0 Å². The smallest absolute Gasteiger partial charge is 0.139 e. The fourth-order valence-corrected chi connectivity index (χ4v) is 3.87. The van der Waals surface area contributed by atoms with Crippen LogP contribution in [-0.4, -0.2) is 17.1 Å². The molecule has 2 aromatic heterocycles. The largest absolute Gasteiger partial charge is 0.497 e. The average Bonchev–Trinajstić information content (AvgIpc) is 3.03. The lowest BCUT2D eigenvalue weighted by Crippen LogP contribution is -2.01. The summed E-state index contributed by atoms with van der Waals surface area (Å²) in [5, 5.41) is 2.32. The Kier molecular flexibility index (Phi) is 4.39. The third kappa shape index (κ3) is 2.97. The van der Waals surface area contributed by atoms with Crippen molar-refractivity contribution in [3.8, 4) is 17.0 Å². The van der Waals surface area contributed by atoms with Gasteiger partial charge in [-0.1, -0.05) is 45.9 Å². The second-order valence-corrected chi connectivity index (χ2v) is 7.75. The van der Waals surface area contributed by atoms with E-state index in [1.54, 1.807) is 7.11 Å². The van der Waals surface area contributed by atoms with Crippen molar-refractivity contribution in [3.05, 3.63) is 59.7 Å². The van der Waals surface area contributed by atoms with E-state index in [9.17, 15) is 0 Å². The van der Waals surface area contributed by atoms with Gasteiger partial charge in [0, 0.05) is 22.4 Å². The van der Waals surface area contributed by atoms with Gasteiger partial charge in [-0.25, -0.2) is 4.98 Å². The van der Waals surface area contributed by atoms with Crippen molar-refractivity contribution < 1.29 is 4.74 Å². The quantitative estimate of drug-likeness (QED) is 0.444. The van der Waals surface area contributed by atoms with Gasteiger partial charge < -0.3 is 9.72 Å². The Morgan fingerprint density at radius 3 is 2.15 bits per heavy atom. The van der Waals surface area contributed by atoms with E-state index >= 15 is 0 Å². The number of nitrogens with one attached hydrogen (secondary N) is 1. The summed E-state index contributed by atoms with van der Waals surface area (Å²) >= 11 is 0. The van der Waals surface area contributed by atoms with Crippen LogP contribution in [0.25, 0.3) is 33.2 Å². The van der Waals surface area contributed by atoms with Crippen molar-refractivity contribution in [2.24, 2.45) is 0 Å². The number of hydrogen-bond donors (Lipinski definition) is 1. The maximum absolute atomic E-state index is 5.36. The molecular weight excluding hydrogens is 332 g/mol. The van der Waals surface area contributed by atoms with Gasteiger partial charge >= 0.3 is 0 Å². The number of fused-ring (bicyclic) bond motifs is 3.